The lowest BCUT2D eigenvalue weighted by Gasteiger charge is -2.15. The Labute approximate surface area is 162 Å². The summed E-state index contributed by atoms with van der Waals surface area (Å²) in [5.74, 6) is 2.26. The van der Waals surface area contributed by atoms with E-state index < -0.39 is 0 Å². The molecule has 0 fully saturated rings. The first-order valence-electron chi connectivity index (χ1n) is 8.36. The number of ketones is 1. The number of methoxy groups -OCH3 is 2. The Morgan fingerprint density at radius 1 is 1.00 bits per heavy atom. The van der Waals surface area contributed by atoms with Crippen molar-refractivity contribution in [3.8, 4) is 23.0 Å². The van der Waals surface area contributed by atoms with Gasteiger partial charge < -0.3 is 14.2 Å². The molecule has 0 aliphatic rings. The van der Waals surface area contributed by atoms with Crippen molar-refractivity contribution in [2.75, 3.05) is 20.5 Å². The average Bonchev–Trinajstić information content (AvgIpc) is 2.67. The molecule has 5 nitrogen and oxygen atoms in total. The summed E-state index contributed by atoms with van der Waals surface area (Å²) in [6.07, 6.45) is 3.66. The Morgan fingerprint density at radius 2 is 1.70 bits per heavy atom. The first-order valence-corrected chi connectivity index (χ1v) is 9.59. The summed E-state index contributed by atoms with van der Waals surface area (Å²) < 4.78 is 16.9. The second kappa shape index (κ2) is 7.88. The Bertz CT molecular complexity index is 1020. The molecule has 140 valence electrons. The van der Waals surface area contributed by atoms with E-state index in [1.807, 2.05) is 31.4 Å². The van der Waals surface area contributed by atoms with Crippen LogP contribution in [0, 0.1) is 6.92 Å². The average molecular weight is 383 g/mol. The van der Waals surface area contributed by atoms with Crippen LogP contribution in [0.25, 0.3) is 10.9 Å². The lowest BCUT2D eigenvalue weighted by atomic mass is 10.1. The first-order chi connectivity index (χ1) is 13.0. The highest BCUT2D eigenvalue weighted by molar-refractivity contribution is 7.98. The number of ether oxygens (including phenoxy) is 3. The van der Waals surface area contributed by atoms with Crippen LogP contribution in [-0.4, -0.2) is 31.2 Å². The predicted octanol–water partition coefficient (Wildman–Crippen LogP) is 5.28. The van der Waals surface area contributed by atoms with E-state index in [1.165, 1.54) is 0 Å². The minimum atomic E-state index is -0.0436. The SMILES string of the molecule is COc1cc2nccc(Oc3cc(C)c(SC)cc3C(C)=O)c2cc1OC. The van der Waals surface area contributed by atoms with Gasteiger partial charge in [0.1, 0.15) is 11.5 Å². The number of Topliss-reactive ketones (excluding diaryl/α,β-unsaturated/α-hetero) is 1. The summed E-state index contributed by atoms with van der Waals surface area (Å²) in [7, 11) is 3.16. The third kappa shape index (κ3) is 3.71. The molecule has 0 amide bonds. The topological polar surface area (TPSA) is 57.7 Å². The molecule has 0 unspecified atom stereocenters. The summed E-state index contributed by atoms with van der Waals surface area (Å²) in [5.41, 5.74) is 2.32. The molecule has 0 saturated carbocycles. The third-order valence-electron chi connectivity index (χ3n) is 4.30. The van der Waals surface area contributed by atoms with Gasteiger partial charge in [0.2, 0.25) is 0 Å². The van der Waals surface area contributed by atoms with Crippen molar-refractivity contribution in [2.24, 2.45) is 0 Å². The molecule has 0 aliphatic heterocycles. The van der Waals surface area contributed by atoms with E-state index in [0.717, 1.165) is 15.8 Å². The molecule has 0 saturated heterocycles. The molecule has 0 N–H and O–H groups in total. The number of hydrogen-bond donors (Lipinski definition) is 0. The monoisotopic (exact) mass is 383 g/mol. The summed E-state index contributed by atoms with van der Waals surface area (Å²) in [5, 5.41) is 0.774. The molecular formula is C21H21NO4S. The zero-order valence-corrected chi connectivity index (χ0v) is 16.8. The number of nitrogens with zero attached hydrogens (tertiary/aromatic N) is 1. The maximum atomic E-state index is 12.1. The molecule has 0 spiro atoms. The number of fused-ring (bicyclic) bond motifs is 1. The smallest absolute Gasteiger partial charge is 0.163 e. The van der Waals surface area contributed by atoms with Gasteiger partial charge in [-0.05, 0) is 49.9 Å². The normalized spacial score (nSPS) is 10.7. The summed E-state index contributed by atoms with van der Waals surface area (Å²) in [4.78, 5) is 17.6. The van der Waals surface area contributed by atoms with Gasteiger partial charge in [0.25, 0.3) is 0 Å². The highest BCUT2D eigenvalue weighted by Gasteiger charge is 2.16. The van der Waals surface area contributed by atoms with Crippen molar-refractivity contribution in [3.63, 3.8) is 0 Å². The quantitative estimate of drug-likeness (QED) is 0.426. The van der Waals surface area contributed by atoms with E-state index in [2.05, 4.69) is 4.98 Å². The maximum absolute atomic E-state index is 12.1. The van der Waals surface area contributed by atoms with Crippen molar-refractivity contribution in [1.82, 2.24) is 4.98 Å². The van der Waals surface area contributed by atoms with Crippen LogP contribution in [0.2, 0.25) is 0 Å². The zero-order chi connectivity index (χ0) is 19.6. The number of aromatic nitrogens is 1. The molecule has 0 atom stereocenters. The molecule has 0 aliphatic carbocycles. The first kappa shape index (κ1) is 19.0. The van der Waals surface area contributed by atoms with Crippen molar-refractivity contribution >= 4 is 28.4 Å². The summed E-state index contributed by atoms with van der Waals surface area (Å²) >= 11 is 1.61. The Hall–Kier alpha value is -2.73. The number of carbonyl (C=O) groups is 1. The predicted molar refractivity (Wildman–Crippen MR) is 108 cm³/mol. The molecule has 6 heteroatoms. The zero-order valence-electron chi connectivity index (χ0n) is 16.0. The van der Waals surface area contributed by atoms with E-state index in [9.17, 15) is 4.79 Å². The van der Waals surface area contributed by atoms with E-state index >= 15 is 0 Å². The summed E-state index contributed by atoms with van der Waals surface area (Å²) in [6.45, 7) is 3.54. The van der Waals surface area contributed by atoms with Crippen LogP contribution in [0.1, 0.15) is 22.8 Å². The van der Waals surface area contributed by atoms with Gasteiger partial charge in [-0.2, -0.15) is 0 Å². The number of benzene rings is 2. The van der Waals surface area contributed by atoms with Gasteiger partial charge in [0, 0.05) is 22.5 Å². The number of rotatable bonds is 6. The van der Waals surface area contributed by atoms with Gasteiger partial charge >= 0.3 is 0 Å². The Kier molecular flexibility index (Phi) is 5.56. The van der Waals surface area contributed by atoms with Crippen molar-refractivity contribution in [2.45, 2.75) is 18.7 Å². The van der Waals surface area contributed by atoms with E-state index in [4.69, 9.17) is 14.2 Å². The molecule has 0 radical (unpaired) electrons. The number of carbonyl (C=O) groups excluding carboxylic acids is 1. The lowest BCUT2D eigenvalue weighted by molar-refractivity contribution is 0.101. The molecule has 1 aromatic heterocycles. The molecular weight excluding hydrogens is 362 g/mol. The fraction of sp³-hybridized carbons (Fsp3) is 0.238. The Balaban J connectivity index is 2.14. The van der Waals surface area contributed by atoms with Crippen molar-refractivity contribution in [1.29, 1.82) is 0 Å². The van der Waals surface area contributed by atoms with Crippen LogP contribution >= 0.6 is 11.8 Å². The highest BCUT2D eigenvalue weighted by atomic mass is 32.2. The summed E-state index contributed by atoms with van der Waals surface area (Å²) in [6, 6.07) is 9.18. The molecule has 0 bridgehead atoms. The van der Waals surface area contributed by atoms with Crippen LogP contribution < -0.4 is 14.2 Å². The fourth-order valence-corrected chi connectivity index (χ4v) is 3.51. The number of thioether (sulfide) groups is 1. The Morgan fingerprint density at radius 3 is 2.33 bits per heavy atom. The molecule has 3 aromatic rings. The van der Waals surface area contributed by atoms with E-state index in [-0.39, 0.29) is 5.78 Å². The second-order valence-electron chi connectivity index (χ2n) is 6.01. The van der Waals surface area contributed by atoms with Crippen molar-refractivity contribution < 1.29 is 19.0 Å². The van der Waals surface area contributed by atoms with Crippen LogP contribution in [0.5, 0.6) is 23.0 Å². The highest BCUT2D eigenvalue weighted by Crippen LogP contribution is 2.38. The number of pyridine rings is 1. The van der Waals surface area contributed by atoms with Gasteiger partial charge in [0.15, 0.2) is 17.3 Å². The minimum absolute atomic E-state index is 0.0436. The minimum Gasteiger partial charge on any atom is -0.493 e. The standard InChI is InChI=1S/C21H21NO4S/c1-12-8-18(14(13(2)23)10-21(12)27-5)26-17-6-7-22-16-11-20(25-4)19(24-3)9-15(16)17/h6-11H,1-5H3. The number of hydrogen-bond acceptors (Lipinski definition) is 6. The van der Waals surface area contributed by atoms with E-state index in [1.54, 1.807) is 51.2 Å². The van der Waals surface area contributed by atoms with Gasteiger partial charge in [-0.1, -0.05) is 0 Å². The maximum Gasteiger partial charge on any atom is 0.163 e. The van der Waals surface area contributed by atoms with Crippen LogP contribution in [0.15, 0.2) is 41.4 Å². The fourth-order valence-electron chi connectivity index (χ4n) is 2.90. The van der Waals surface area contributed by atoms with Gasteiger partial charge in [-0.25, -0.2) is 0 Å². The van der Waals surface area contributed by atoms with Gasteiger partial charge in [0.05, 0.1) is 25.3 Å². The van der Waals surface area contributed by atoms with Crippen molar-refractivity contribution in [3.05, 3.63) is 47.7 Å². The second-order valence-corrected chi connectivity index (χ2v) is 6.86. The lowest BCUT2D eigenvalue weighted by Crippen LogP contribution is -2.00. The van der Waals surface area contributed by atoms with Crippen LogP contribution in [0.4, 0.5) is 0 Å². The van der Waals surface area contributed by atoms with Gasteiger partial charge in [-0.15, -0.1) is 11.8 Å². The van der Waals surface area contributed by atoms with Gasteiger partial charge in [-0.3, -0.25) is 9.78 Å². The van der Waals surface area contributed by atoms with E-state index in [0.29, 0.717) is 34.1 Å². The third-order valence-corrected chi connectivity index (χ3v) is 5.18. The van der Waals surface area contributed by atoms with Crippen LogP contribution in [-0.2, 0) is 0 Å². The largest absolute Gasteiger partial charge is 0.493 e. The molecule has 1 heterocycles. The molecule has 2 aromatic carbocycles. The molecule has 27 heavy (non-hydrogen) atoms. The van der Waals surface area contributed by atoms with Crippen LogP contribution in [0.3, 0.4) is 0 Å². The molecule has 3 rings (SSSR count). The number of aryl methyl sites for hydroxylation is 1.